The molecule has 1 aromatic carbocycles. The maximum absolute atomic E-state index is 14.4. The van der Waals surface area contributed by atoms with E-state index in [1.807, 2.05) is 32.8 Å². The molecule has 2 heterocycles. The number of ether oxygens (including phenoxy) is 2. The Hall–Kier alpha value is -3.07. The van der Waals surface area contributed by atoms with Gasteiger partial charge >= 0.3 is 7.60 Å². The molecular formula is C39H68N7O8P. The molecule has 2 aliphatic heterocycles. The lowest BCUT2D eigenvalue weighted by Gasteiger charge is -2.40. The number of likely N-dealkylation sites (tertiary alicyclic amines) is 1. The normalized spacial score (nSPS) is 20.7. The molecule has 0 unspecified atom stereocenters. The zero-order valence-electron chi connectivity index (χ0n) is 34.7. The second-order valence-corrected chi connectivity index (χ2v) is 17.4. The van der Waals surface area contributed by atoms with E-state index in [-0.39, 0.29) is 36.5 Å². The molecule has 3 amide bonds. The van der Waals surface area contributed by atoms with E-state index in [1.165, 1.54) is 7.11 Å². The van der Waals surface area contributed by atoms with Gasteiger partial charge < -0.3 is 49.5 Å². The van der Waals surface area contributed by atoms with Crippen molar-refractivity contribution >= 4 is 31.3 Å². The average Bonchev–Trinajstić information content (AvgIpc) is 3.64. The minimum atomic E-state index is -4.71. The zero-order valence-corrected chi connectivity index (χ0v) is 35.6. The summed E-state index contributed by atoms with van der Waals surface area (Å²) < 4.78 is 24.4. The first-order valence-electron chi connectivity index (χ1n) is 19.7. The van der Waals surface area contributed by atoms with Gasteiger partial charge in [0.1, 0.15) is 11.8 Å². The third kappa shape index (κ3) is 12.5. The van der Waals surface area contributed by atoms with Crippen LogP contribution in [0.4, 0.5) is 0 Å². The number of methoxy groups -OCH3 is 2. The van der Waals surface area contributed by atoms with Gasteiger partial charge in [-0.25, -0.2) is 4.99 Å². The molecule has 55 heavy (non-hydrogen) atoms. The summed E-state index contributed by atoms with van der Waals surface area (Å²) in [6.07, 6.45) is 0.645. The number of rotatable bonds is 18. The van der Waals surface area contributed by atoms with Gasteiger partial charge in [0.15, 0.2) is 5.96 Å². The highest BCUT2D eigenvalue weighted by molar-refractivity contribution is 7.52. The van der Waals surface area contributed by atoms with Gasteiger partial charge in [-0.05, 0) is 30.2 Å². The minimum absolute atomic E-state index is 0.00680. The van der Waals surface area contributed by atoms with Crippen molar-refractivity contribution < 1.29 is 38.2 Å². The van der Waals surface area contributed by atoms with Gasteiger partial charge in [0.05, 0.1) is 36.6 Å². The van der Waals surface area contributed by atoms with Gasteiger partial charge in [0.2, 0.25) is 17.7 Å². The van der Waals surface area contributed by atoms with E-state index in [9.17, 15) is 28.7 Å². The number of amides is 3. The van der Waals surface area contributed by atoms with Crippen molar-refractivity contribution in [2.45, 2.75) is 103 Å². The van der Waals surface area contributed by atoms with Crippen molar-refractivity contribution in [3.05, 3.63) is 35.9 Å². The third-order valence-corrected chi connectivity index (χ3v) is 12.3. The molecule has 0 radical (unpaired) electrons. The van der Waals surface area contributed by atoms with Crippen molar-refractivity contribution in [2.75, 3.05) is 68.1 Å². The number of hydrogen-bond acceptors (Lipinski definition) is 8. The Bertz CT molecular complexity index is 1450. The van der Waals surface area contributed by atoms with Crippen LogP contribution in [0.2, 0.25) is 0 Å². The Morgan fingerprint density at radius 1 is 1.02 bits per heavy atom. The molecule has 0 bridgehead atoms. The number of carbonyl (C=O) groups is 3. The number of aliphatic imine (C=N–C) groups is 1. The standard InChI is InChI=1S/C39H68N7O8P/c1-11-27(4)35(44(8)38(49)34(26(2)3)42-39(43(6)7)45-22-19-40-20-23-45)31(53-9)25-33(47)46-21-15-18-30(46)36(54-10)28(5)37(48)41-32(55(50,51)52)24-29-16-13-12-14-17-29/h12-14,16-17,26-28,30-32,34-36,40H,11,15,18-25H2,1-10H3,(H,41,48)(H2,50,51,52)/b42-39+/t27-,28+,30-,31+,32+,34-,35-,36+/m0/s1. The number of guanidine groups is 1. The van der Waals surface area contributed by atoms with Crippen LogP contribution in [-0.4, -0.2) is 157 Å². The van der Waals surface area contributed by atoms with E-state index >= 15 is 0 Å². The molecule has 16 heteroatoms. The van der Waals surface area contributed by atoms with Crippen LogP contribution in [0.5, 0.6) is 0 Å². The Balaban J connectivity index is 1.81. The monoisotopic (exact) mass is 793 g/mol. The van der Waals surface area contributed by atoms with Crippen LogP contribution < -0.4 is 10.6 Å². The number of nitrogens with one attached hydrogen (secondary N) is 2. The van der Waals surface area contributed by atoms with Crippen LogP contribution >= 0.6 is 7.60 Å². The summed E-state index contributed by atoms with van der Waals surface area (Å²) in [5.41, 5.74) is 0.677. The number of carbonyl (C=O) groups excluding carboxylic acids is 3. The maximum atomic E-state index is 14.4. The first-order valence-corrected chi connectivity index (χ1v) is 21.4. The quantitative estimate of drug-likeness (QED) is 0.0977. The number of nitrogens with zero attached hydrogens (tertiary/aromatic N) is 5. The molecule has 15 nitrogen and oxygen atoms in total. The Kier molecular flexibility index (Phi) is 18.1. The molecule has 2 fully saturated rings. The first kappa shape index (κ1) is 46.3. The van der Waals surface area contributed by atoms with E-state index in [4.69, 9.17) is 14.5 Å². The van der Waals surface area contributed by atoms with Crippen LogP contribution in [0.25, 0.3) is 0 Å². The lowest BCUT2D eigenvalue weighted by Crippen LogP contribution is -2.55. The minimum Gasteiger partial charge on any atom is -0.379 e. The highest BCUT2D eigenvalue weighted by Gasteiger charge is 2.43. The molecule has 0 saturated carbocycles. The zero-order chi connectivity index (χ0) is 41.0. The number of benzene rings is 1. The van der Waals surface area contributed by atoms with Crippen molar-refractivity contribution in [3.63, 3.8) is 0 Å². The predicted molar refractivity (Wildman–Crippen MR) is 214 cm³/mol. The predicted octanol–water partition coefficient (Wildman–Crippen LogP) is 2.62. The van der Waals surface area contributed by atoms with E-state index in [0.29, 0.717) is 24.9 Å². The molecule has 4 N–H and O–H groups in total. The third-order valence-electron chi connectivity index (χ3n) is 11.2. The summed E-state index contributed by atoms with van der Waals surface area (Å²) in [7, 11) is 4.01. The number of likely N-dealkylation sites (N-methyl/N-ethyl adjacent to an activating group) is 1. The largest absolute Gasteiger partial charge is 0.379 e. The fourth-order valence-electron chi connectivity index (χ4n) is 7.86. The molecule has 0 aromatic heterocycles. The van der Waals surface area contributed by atoms with Crippen LogP contribution in [0, 0.1) is 17.8 Å². The fourth-order valence-corrected chi connectivity index (χ4v) is 8.60. The molecule has 3 rings (SSSR count). The molecule has 2 aliphatic rings. The van der Waals surface area contributed by atoms with Gasteiger partial charge in [-0.3, -0.25) is 18.9 Å². The lowest BCUT2D eigenvalue weighted by atomic mass is 9.89. The topological polar surface area (TPSA) is 177 Å². The highest BCUT2D eigenvalue weighted by atomic mass is 31.2. The van der Waals surface area contributed by atoms with Gasteiger partial charge in [-0.1, -0.05) is 71.4 Å². The Labute approximate surface area is 328 Å². The van der Waals surface area contributed by atoms with Crippen LogP contribution in [-0.2, 0) is 34.8 Å². The Morgan fingerprint density at radius 3 is 2.18 bits per heavy atom. The number of hydrogen-bond donors (Lipinski definition) is 4. The van der Waals surface area contributed by atoms with Gasteiger partial charge in [0, 0.05) is 74.5 Å². The van der Waals surface area contributed by atoms with E-state index in [1.54, 1.807) is 61.2 Å². The summed E-state index contributed by atoms with van der Waals surface area (Å²) in [4.78, 5) is 75.1. The molecular weight excluding hydrogens is 725 g/mol. The summed E-state index contributed by atoms with van der Waals surface area (Å²) in [5, 5.41) is 5.95. The summed E-state index contributed by atoms with van der Waals surface area (Å²) in [6, 6.07) is 7.32. The highest BCUT2D eigenvalue weighted by Crippen LogP contribution is 2.41. The summed E-state index contributed by atoms with van der Waals surface area (Å²) in [6.45, 7) is 13.5. The van der Waals surface area contributed by atoms with E-state index < -0.39 is 55.5 Å². The smallest absolute Gasteiger partial charge is 0.347 e. The molecule has 0 spiro atoms. The first-order chi connectivity index (χ1) is 26.0. The second kappa shape index (κ2) is 21.5. The summed E-state index contributed by atoms with van der Waals surface area (Å²) >= 11 is 0. The second-order valence-electron chi connectivity index (χ2n) is 15.6. The van der Waals surface area contributed by atoms with Gasteiger partial charge in [-0.2, -0.15) is 0 Å². The molecule has 0 aliphatic carbocycles. The van der Waals surface area contributed by atoms with Crippen LogP contribution in [0.15, 0.2) is 35.3 Å². The molecule has 8 atom stereocenters. The van der Waals surface area contributed by atoms with E-state index in [0.717, 1.165) is 38.6 Å². The Morgan fingerprint density at radius 2 is 1.65 bits per heavy atom. The van der Waals surface area contributed by atoms with Crippen molar-refractivity contribution in [2.24, 2.45) is 22.7 Å². The molecule has 312 valence electrons. The number of piperazine rings is 1. The average molecular weight is 794 g/mol. The molecule has 2 saturated heterocycles. The lowest BCUT2D eigenvalue weighted by molar-refractivity contribution is -0.146. The summed E-state index contributed by atoms with van der Waals surface area (Å²) in [5.74, 6) is -2.45. The van der Waals surface area contributed by atoms with Crippen LogP contribution in [0.1, 0.15) is 65.9 Å². The van der Waals surface area contributed by atoms with Crippen molar-refractivity contribution in [3.8, 4) is 0 Å². The van der Waals surface area contributed by atoms with Crippen LogP contribution in [0.3, 0.4) is 0 Å². The van der Waals surface area contributed by atoms with E-state index in [2.05, 4.69) is 29.4 Å². The van der Waals surface area contributed by atoms with Crippen molar-refractivity contribution in [1.82, 2.24) is 30.2 Å². The van der Waals surface area contributed by atoms with Gasteiger partial charge in [-0.15, -0.1) is 0 Å². The van der Waals surface area contributed by atoms with Gasteiger partial charge in [0.25, 0.3) is 0 Å². The fraction of sp³-hybridized carbons (Fsp3) is 0.744. The molecule has 1 aromatic rings. The maximum Gasteiger partial charge on any atom is 0.347 e. The van der Waals surface area contributed by atoms with Crippen molar-refractivity contribution in [1.29, 1.82) is 0 Å². The SMILES string of the molecule is CC[C@H](C)[C@@H]([C@@H](CC(=O)N1CCC[C@H]1[C@H](OC)[C@@H](C)C(=O)N[C@@H](Cc1ccccc1)P(=O)(O)O)OC)N(C)C(=O)[C@@H](/N=C(\N(C)C)N1CCNCC1)C(C)C.